The first-order chi connectivity index (χ1) is 14.4. The van der Waals surface area contributed by atoms with Crippen molar-refractivity contribution in [1.29, 1.82) is 0 Å². The van der Waals surface area contributed by atoms with Crippen molar-refractivity contribution in [3.63, 3.8) is 0 Å². The summed E-state index contributed by atoms with van der Waals surface area (Å²) in [4.78, 5) is 26.1. The molecule has 177 valence electrons. The number of aliphatic hydroxyl groups excluding tert-OH is 1. The molecule has 2 aromatic heterocycles. The zero-order valence-corrected chi connectivity index (χ0v) is 19.2. The van der Waals surface area contributed by atoms with Crippen molar-refractivity contribution in [2.24, 2.45) is 0 Å². The number of rotatable bonds is 10. The fourth-order valence-corrected chi connectivity index (χ4v) is 2.68. The van der Waals surface area contributed by atoms with Gasteiger partial charge in [-0.2, -0.15) is 9.97 Å². The maximum Gasteiger partial charge on any atom is 0.223 e. The number of aldehydes is 1. The summed E-state index contributed by atoms with van der Waals surface area (Å²) in [5.41, 5.74) is 11.6. The fourth-order valence-electron chi connectivity index (χ4n) is 2.22. The van der Waals surface area contributed by atoms with E-state index in [1.54, 1.807) is 0 Å². The van der Waals surface area contributed by atoms with Gasteiger partial charge in [-0.25, -0.2) is 9.97 Å². The number of hydrogen-bond acceptors (Lipinski definition) is 10. The summed E-state index contributed by atoms with van der Waals surface area (Å²) in [5.74, 6) is 1.08. The van der Waals surface area contributed by atoms with E-state index >= 15 is 0 Å². The third kappa shape index (κ3) is 10.3. The van der Waals surface area contributed by atoms with Crippen LogP contribution in [0, 0.1) is 0 Å². The van der Waals surface area contributed by atoms with Crippen molar-refractivity contribution in [2.45, 2.75) is 53.6 Å². The van der Waals surface area contributed by atoms with Gasteiger partial charge in [-0.15, -0.1) is 0 Å². The van der Waals surface area contributed by atoms with E-state index in [0.717, 1.165) is 38.8 Å². The molecular formula is C19H32BCl2N8O2. The lowest BCUT2D eigenvalue weighted by Gasteiger charge is -2.10. The van der Waals surface area contributed by atoms with Crippen LogP contribution < -0.4 is 22.1 Å². The van der Waals surface area contributed by atoms with Gasteiger partial charge in [-0.3, -0.25) is 4.79 Å². The zero-order valence-electron chi connectivity index (χ0n) is 17.7. The van der Waals surface area contributed by atoms with Crippen molar-refractivity contribution in [3.8, 4) is 0 Å². The van der Waals surface area contributed by atoms with Gasteiger partial charge >= 0.3 is 0 Å². The van der Waals surface area contributed by atoms with E-state index < -0.39 is 0 Å². The number of carbonyl (C=O) groups excluding carboxylic acids is 1. The summed E-state index contributed by atoms with van der Waals surface area (Å²) in [7, 11) is 0. The van der Waals surface area contributed by atoms with Gasteiger partial charge in [0.1, 0.15) is 21.9 Å². The van der Waals surface area contributed by atoms with Crippen molar-refractivity contribution >= 4 is 61.4 Å². The highest BCUT2D eigenvalue weighted by molar-refractivity contribution is 6.32. The van der Waals surface area contributed by atoms with E-state index in [9.17, 15) is 4.79 Å². The van der Waals surface area contributed by atoms with Gasteiger partial charge in [-0.1, -0.05) is 57.3 Å². The second-order valence-corrected chi connectivity index (χ2v) is 6.89. The number of nitrogen functional groups attached to an aromatic ring is 2. The van der Waals surface area contributed by atoms with E-state index in [1.165, 1.54) is 0 Å². The predicted octanol–water partition coefficient (Wildman–Crippen LogP) is 3.41. The highest BCUT2D eigenvalue weighted by Gasteiger charge is 2.11. The number of nitrogens with two attached hydrogens (primary N) is 2. The quantitative estimate of drug-likeness (QED) is 0.145. The Balaban J connectivity index is 0. The average Bonchev–Trinajstić information content (AvgIpc) is 2.68. The summed E-state index contributed by atoms with van der Waals surface area (Å²) >= 11 is 11.6. The van der Waals surface area contributed by atoms with Crippen molar-refractivity contribution in [3.05, 3.63) is 21.4 Å². The highest BCUT2D eigenvalue weighted by atomic mass is 35.5. The third-order valence-electron chi connectivity index (χ3n) is 3.81. The first-order valence-corrected chi connectivity index (χ1v) is 10.3. The van der Waals surface area contributed by atoms with Gasteiger partial charge in [0.2, 0.25) is 11.9 Å². The second kappa shape index (κ2) is 17.2. The Hall–Kier alpha value is -2.37. The van der Waals surface area contributed by atoms with Gasteiger partial charge in [0.05, 0.1) is 17.7 Å². The molecule has 0 spiro atoms. The van der Waals surface area contributed by atoms with Gasteiger partial charge in [0.25, 0.3) is 0 Å². The van der Waals surface area contributed by atoms with Crippen LogP contribution in [0.5, 0.6) is 0 Å². The van der Waals surface area contributed by atoms with E-state index in [4.69, 9.17) is 39.8 Å². The Kier molecular flexibility index (Phi) is 17.1. The third-order valence-corrected chi connectivity index (χ3v) is 4.41. The Labute approximate surface area is 201 Å². The van der Waals surface area contributed by atoms with Crippen LogP contribution in [0.2, 0.25) is 10.3 Å². The second-order valence-electron chi connectivity index (χ2n) is 6.17. The maximum absolute atomic E-state index is 10.7. The largest absolute Gasteiger partial charge is 0.391 e. The zero-order chi connectivity index (χ0) is 22.5. The van der Waals surface area contributed by atoms with Crippen LogP contribution in [0.1, 0.15) is 62.9 Å². The molecule has 2 heterocycles. The Morgan fingerprint density at radius 1 is 0.906 bits per heavy atom. The fraction of sp³-hybridized carbons (Fsp3) is 0.526. The van der Waals surface area contributed by atoms with Gasteiger partial charge in [-0.05, 0) is 12.8 Å². The Bertz CT molecular complexity index is 830. The minimum atomic E-state index is -0.201. The highest BCUT2D eigenvalue weighted by Crippen LogP contribution is 2.22. The Morgan fingerprint density at radius 3 is 1.84 bits per heavy atom. The SMILES string of the molecule is C.CCCCNc1nc(N)nc(Cl)c1C=O.CCCCNc1nc(N)nc(Cl)c1CO.[B]. The number of anilines is 4. The molecule has 0 saturated heterocycles. The number of nitrogens with zero attached hydrogens (tertiary/aromatic N) is 4. The van der Waals surface area contributed by atoms with Crippen LogP contribution in [-0.4, -0.2) is 52.8 Å². The maximum atomic E-state index is 10.7. The average molecular weight is 486 g/mol. The number of aliphatic hydroxyl groups is 1. The van der Waals surface area contributed by atoms with Crippen LogP contribution in [0.15, 0.2) is 0 Å². The molecule has 0 aromatic carbocycles. The van der Waals surface area contributed by atoms with Gasteiger partial charge < -0.3 is 27.2 Å². The molecule has 0 aliphatic heterocycles. The number of unbranched alkanes of at least 4 members (excludes halogenated alkanes) is 2. The molecular weight excluding hydrogens is 454 g/mol. The summed E-state index contributed by atoms with van der Waals surface area (Å²) in [5, 5.41) is 15.5. The normalized spacial score (nSPS) is 9.53. The van der Waals surface area contributed by atoms with E-state index in [1.807, 2.05) is 0 Å². The van der Waals surface area contributed by atoms with Crippen molar-refractivity contribution < 1.29 is 9.90 Å². The van der Waals surface area contributed by atoms with Crippen LogP contribution >= 0.6 is 23.2 Å². The summed E-state index contributed by atoms with van der Waals surface area (Å²) in [6, 6.07) is 0. The lowest BCUT2D eigenvalue weighted by molar-refractivity contribution is 0.112. The van der Waals surface area contributed by atoms with E-state index in [0.29, 0.717) is 23.5 Å². The number of halogens is 2. The smallest absolute Gasteiger partial charge is 0.223 e. The lowest BCUT2D eigenvalue weighted by Crippen LogP contribution is -2.09. The number of hydrogen-bond donors (Lipinski definition) is 5. The molecule has 2 aromatic rings. The topological polar surface area (TPSA) is 165 Å². The Morgan fingerprint density at radius 2 is 1.38 bits per heavy atom. The van der Waals surface area contributed by atoms with Crippen LogP contribution in [-0.2, 0) is 6.61 Å². The first kappa shape index (κ1) is 31.8. The summed E-state index contributed by atoms with van der Waals surface area (Å²) < 4.78 is 0. The van der Waals surface area contributed by atoms with E-state index in [-0.39, 0.29) is 50.2 Å². The van der Waals surface area contributed by atoms with Crippen LogP contribution in [0.3, 0.4) is 0 Å². The molecule has 2 rings (SSSR count). The first-order valence-electron chi connectivity index (χ1n) is 9.56. The van der Waals surface area contributed by atoms with Crippen molar-refractivity contribution in [2.75, 3.05) is 35.2 Å². The molecule has 0 unspecified atom stereocenters. The molecule has 0 saturated carbocycles. The molecule has 0 amide bonds. The minimum Gasteiger partial charge on any atom is -0.391 e. The monoisotopic (exact) mass is 485 g/mol. The van der Waals surface area contributed by atoms with Crippen molar-refractivity contribution in [1.82, 2.24) is 19.9 Å². The molecule has 0 fully saturated rings. The summed E-state index contributed by atoms with van der Waals surface area (Å²) in [6.45, 7) is 5.47. The molecule has 32 heavy (non-hydrogen) atoms. The molecule has 10 nitrogen and oxygen atoms in total. The lowest BCUT2D eigenvalue weighted by atomic mass is 10.3. The molecule has 13 heteroatoms. The minimum absolute atomic E-state index is 0. The predicted molar refractivity (Wildman–Crippen MR) is 133 cm³/mol. The number of nitrogens with one attached hydrogen (secondary N) is 2. The van der Waals surface area contributed by atoms with E-state index in [2.05, 4.69) is 44.4 Å². The molecule has 0 atom stereocenters. The van der Waals surface area contributed by atoms with Crippen LogP contribution in [0.4, 0.5) is 23.5 Å². The standard InChI is InChI=1S/C9H15ClN4O.C9H13ClN4O.CH4.B/c2*1-2-3-4-12-8-6(5-15)7(10)13-9(11)14-8;;/h15H,2-5H2,1H3,(H3,11,12,13,14);5H,2-4H2,1H3,(H3,11,12,13,14);1H4;. The van der Waals surface area contributed by atoms with Crippen LogP contribution in [0.25, 0.3) is 0 Å². The molecule has 0 bridgehead atoms. The number of aromatic nitrogens is 4. The molecule has 3 radical (unpaired) electrons. The molecule has 0 aliphatic carbocycles. The number of carbonyl (C=O) groups is 1. The molecule has 7 N–H and O–H groups in total. The molecule has 0 aliphatic rings. The van der Waals surface area contributed by atoms with Gasteiger partial charge in [0.15, 0.2) is 6.29 Å². The van der Waals surface area contributed by atoms with Gasteiger partial charge in [0, 0.05) is 21.5 Å². The summed E-state index contributed by atoms with van der Waals surface area (Å²) in [6.07, 6.45) is 4.76.